The van der Waals surface area contributed by atoms with Gasteiger partial charge in [0, 0.05) is 4.47 Å². The van der Waals surface area contributed by atoms with E-state index >= 15 is 0 Å². The number of imide groups is 1. The summed E-state index contributed by atoms with van der Waals surface area (Å²) < 4.78 is 19.5. The van der Waals surface area contributed by atoms with Gasteiger partial charge in [0.05, 0.1) is 17.7 Å². The predicted octanol–water partition coefficient (Wildman–Crippen LogP) is 3.26. The van der Waals surface area contributed by atoms with Crippen LogP contribution in [0.25, 0.3) is 0 Å². The van der Waals surface area contributed by atoms with Crippen LogP contribution in [0.4, 0.5) is 4.39 Å². The Morgan fingerprint density at radius 2 is 1.68 bits per heavy atom. The quantitative estimate of drug-likeness (QED) is 0.783. The lowest BCUT2D eigenvalue weighted by molar-refractivity contribution is 0.0630. The molecule has 0 fully saturated rings. The number of halogens is 2. The minimum absolute atomic E-state index is 0.0318. The topological polar surface area (TPSA) is 46.6 Å². The molecule has 0 aromatic heterocycles. The van der Waals surface area contributed by atoms with E-state index in [1.165, 1.54) is 12.1 Å². The first-order chi connectivity index (χ1) is 10.6. The molecule has 0 atom stereocenters. The second kappa shape index (κ2) is 5.88. The van der Waals surface area contributed by atoms with E-state index in [1.807, 2.05) is 0 Å². The zero-order valence-corrected chi connectivity index (χ0v) is 13.0. The van der Waals surface area contributed by atoms with Crippen molar-refractivity contribution in [2.24, 2.45) is 0 Å². The molecule has 0 bridgehead atoms. The van der Waals surface area contributed by atoms with Gasteiger partial charge in [-0.1, -0.05) is 28.1 Å². The summed E-state index contributed by atoms with van der Waals surface area (Å²) in [5.74, 6) is -1.11. The molecule has 1 heterocycles. The summed E-state index contributed by atoms with van der Waals surface area (Å²) in [6.45, 7) is 0.103. The van der Waals surface area contributed by atoms with Gasteiger partial charge in [-0.05, 0) is 30.3 Å². The number of amides is 2. The molecular formula is C16H11BrFNO3. The van der Waals surface area contributed by atoms with Crippen molar-refractivity contribution in [2.45, 2.75) is 0 Å². The Balaban J connectivity index is 1.66. The molecule has 0 spiro atoms. The van der Waals surface area contributed by atoms with E-state index in [0.717, 1.165) is 4.90 Å². The van der Waals surface area contributed by atoms with Crippen LogP contribution in [-0.2, 0) is 0 Å². The zero-order valence-electron chi connectivity index (χ0n) is 11.4. The van der Waals surface area contributed by atoms with Crippen molar-refractivity contribution < 1.29 is 18.7 Å². The van der Waals surface area contributed by atoms with E-state index in [0.29, 0.717) is 15.6 Å². The summed E-state index contributed by atoms with van der Waals surface area (Å²) in [7, 11) is 0. The second-order valence-corrected chi connectivity index (χ2v) is 5.65. The van der Waals surface area contributed by atoms with Crippen LogP contribution in [0.1, 0.15) is 20.7 Å². The van der Waals surface area contributed by atoms with E-state index in [-0.39, 0.29) is 30.7 Å². The molecule has 4 nitrogen and oxygen atoms in total. The highest BCUT2D eigenvalue weighted by molar-refractivity contribution is 9.10. The fraction of sp³-hybridized carbons (Fsp3) is 0.125. The first-order valence-electron chi connectivity index (χ1n) is 6.61. The Labute approximate surface area is 134 Å². The molecule has 0 aliphatic carbocycles. The van der Waals surface area contributed by atoms with Gasteiger partial charge < -0.3 is 4.74 Å². The van der Waals surface area contributed by atoms with Gasteiger partial charge in [0.1, 0.15) is 6.61 Å². The number of carbonyl (C=O) groups is 2. The Bertz CT molecular complexity index is 728. The number of hydrogen-bond donors (Lipinski definition) is 0. The summed E-state index contributed by atoms with van der Waals surface area (Å²) in [6, 6.07) is 11.1. The van der Waals surface area contributed by atoms with Gasteiger partial charge in [-0.3, -0.25) is 14.5 Å². The van der Waals surface area contributed by atoms with Crippen LogP contribution < -0.4 is 4.74 Å². The van der Waals surface area contributed by atoms with Crippen molar-refractivity contribution in [3.63, 3.8) is 0 Å². The highest BCUT2D eigenvalue weighted by Gasteiger charge is 2.34. The number of fused-ring (bicyclic) bond motifs is 1. The number of nitrogens with zero attached hydrogens (tertiary/aromatic N) is 1. The zero-order chi connectivity index (χ0) is 15.7. The molecule has 3 rings (SSSR count). The highest BCUT2D eigenvalue weighted by Crippen LogP contribution is 2.23. The lowest BCUT2D eigenvalue weighted by atomic mass is 10.1. The number of benzene rings is 2. The van der Waals surface area contributed by atoms with Crippen LogP contribution in [0.15, 0.2) is 46.9 Å². The van der Waals surface area contributed by atoms with Crippen molar-refractivity contribution >= 4 is 27.7 Å². The number of ether oxygens (including phenoxy) is 1. The van der Waals surface area contributed by atoms with Gasteiger partial charge in [0.2, 0.25) is 0 Å². The first-order valence-corrected chi connectivity index (χ1v) is 7.40. The molecule has 112 valence electrons. The standard InChI is InChI=1S/C16H11BrFNO3/c17-10-5-6-14(13(18)9-10)22-8-7-19-15(20)11-3-1-2-4-12(11)16(19)21/h1-6,9H,7-8H2. The lowest BCUT2D eigenvalue weighted by Gasteiger charge is -2.14. The minimum Gasteiger partial charge on any atom is -0.489 e. The van der Waals surface area contributed by atoms with E-state index < -0.39 is 5.82 Å². The smallest absolute Gasteiger partial charge is 0.261 e. The van der Waals surface area contributed by atoms with Crippen molar-refractivity contribution in [1.29, 1.82) is 0 Å². The molecule has 2 aromatic carbocycles. The molecule has 0 N–H and O–H groups in total. The average Bonchev–Trinajstić information content (AvgIpc) is 2.75. The summed E-state index contributed by atoms with van der Waals surface area (Å²) in [4.78, 5) is 25.4. The molecule has 1 aliphatic heterocycles. The van der Waals surface area contributed by atoms with Crippen LogP contribution in [-0.4, -0.2) is 29.9 Å². The van der Waals surface area contributed by atoms with Gasteiger partial charge in [-0.15, -0.1) is 0 Å². The third kappa shape index (κ3) is 2.62. The van der Waals surface area contributed by atoms with Gasteiger partial charge in [-0.25, -0.2) is 4.39 Å². The lowest BCUT2D eigenvalue weighted by Crippen LogP contribution is -2.33. The third-order valence-corrected chi connectivity index (χ3v) is 3.84. The predicted molar refractivity (Wildman–Crippen MR) is 81.4 cm³/mol. The second-order valence-electron chi connectivity index (χ2n) is 4.73. The Morgan fingerprint density at radius 1 is 1.05 bits per heavy atom. The summed E-state index contributed by atoms with van der Waals surface area (Å²) in [5, 5.41) is 0. The van der Waals surface area contributed by atoms with Crippen LogP contribution in [0, 0.1) is 5.82 Å². The fourth-order valence-corrected chi connectivity index (χ4v) is 2.61. The number of hydrogen-bond acceptors (Lipinski definition) is 3. The Hall–Kier alpha value is -2.21. The molecule has 0 saturated heterocycles. The molecule has 2 amide bonds. The fourth-order valence-electron chi connectivity index (χ4n) is 2.28. The van der Waals surface area contributed by atoms with Crippen molar-refractivity contribution in [3.05, 3.63) is 63.9 Å². The van der Waals surface area contributed by atoms with Gasteiger partial charge >= 0.3 is 0 Å². The van der Waals surface area contributed by atoms with E-state index in [9.17, 15) is 14.0 Å². The van der Waals surface area contributed by atoms with Crippen molar-refractivity contribution in [1.82, 2.24) is 4.90 Å². The largest absolute Gasteiger partial charge is 0.489 e. The van der Waals surface area contributed by atoms with Crippen LogP contribution >= 0.6 is 15.9 Å². The monoisotopic (exact) mass is 363 g/mol. The van der Waals surface area contributed by atoms with Gasteiger partial charge in [0.25, 0.3) is 11.8 Å². The average molecular weight is 364 g/mol. The molecule has 0 radical (unpaired) electrons. The van der Waals surface area contributed by atoms with Crippen molar-refractivity contribution in [3.8, 4) is 5.75 Å². The molecule has 2 aromatic rings. The van der Waals surface area contributed by atoms with Crippen molar-refractivity contribution in [2.75, 3.05) is 13.2 Å². The van der Waals surface area contributed by atoms with Gasteiger partial charge in [0.15, 0.2) is 11.6 Å². The maximum atomic E-state index is 13.6. The Morgan fingerprint density at radius 3 is 2.27 bits per heavy atom. The molecule has 1 aliphatic rings. The minimum atomic E-state index is -0.503. The molecule has 22 heavy (non-hydrogen) atoms. The van der Waals surface area contributed by atoms with Crippen LogP contribution in [0.5, 0.6) is 5.75 Å². The summed E-state index contributed by atoms with van der Waals surface area (Å²) >= 11 is 3.16. The van der Waals surface area contributed by atoms with Gasteiger partial charge in [-0.2, -0.15) is 0 Å². The normalized spacial score (nSPS) is 13.5. The maximum Gasteiger partial charge on any atom is 0.261 e. The SMILES string of the molecule is O=C1c2ccccc2C(=O)N1CCOc1ccc(Br)cc1F. The van der Waals surface area contributed by atoms with E-state index in [2.05, 4.69) is 15.9 Å². The summed E-state index contributed by atoms with van der Waals surface area (Å²) in [6.07, 6.45) is 0. The molecule has 0 unspecified atom stereocenters. The van der Waals surface area contributed by atoms with E-state index in [4.69, 9.17) is 4.74 Å². The number of rotatable bonds is 4. The van der Waals surface area contributed by atoms with E-state index in [1.54, 1.807) is 30.3 Å². The third-order valence-electron chi connectivity index (χ3n) is 3.34. The van der Waals surface area contributed by atoms with Crippen LogP contribution in [0.3, 0.4) is 0 Å². The maximum absolute atomic E-state index is 13.6. The molecule has 6 heteroatoms. The molecular weight excluding hydrogens is 353 g/mol. The first kappa shape index (κ1) is 14.7. The van der Waals surface area contributed by atoms with Crippen LogP contribution in [0.2, 0.25) is 0 Å². The Kier molecular flexibility index (Phi) is 3.94. The number of carbonyl (C=O) groups excluding carboxylic acids is 2. The summed E-state index contributed by atoms with van der Waals surface area (Å²) in [5.41, 5.74) is 0.782. The molecule has 0 saturated carbocycles. The highest BCUT2D eigenvalue weighted by atomic mass is 79.9.